The first kappa shape index (κ1) is 38.4. The summed E-state index contributed by atoms with van der Waals surface area (Å²) in [5.41, 5.74) is 3.98. The summed E-state index contributed by atoms with van der Waals surface area (Å²) in [6.07, 6.45) is 6.34. The van der Waals surface area contributed by atoms with E-state index in [0.717, 1.165) is 58.7 Å². The number of aryl methyl sites for hydroxylation is 1. The fourth-order valence-corrected chi connectivity index (χ4v) is 7.08. The van der Waals surface area contributed by atoms with E-state index in [2.05, 4.69) is 87.3 Å². The van der Waals surface area contributed by atoms with Crippen LogP contribution >= 0.6 is 11.3 Å². The molecule has 0 amide bonds. The largest absolute Gasteiger partial charge is 0.512 e. The summed E-state index contributed by atoms with van der Waals surface area (Å²) in [5, 5.41) is 15.7. The first-order chi connectivity index (χ1) is 22.7. The number of ketones is 1. The summed E-state index contributed by atoms with van der Waals surface area (Å²) in [7, 11) is 0. The molecule has 0 aliphatic carbocycles. The fraction of sp³-hybridized carbons (Fsp3) is 0.405. The summed E-state index contributed by atoms with van der Waals surface area (Å²) in [4.78, 5) is 22.6. The van der Waals surface area contributed by atoms with Crippen molar-refractivity contribution in [2.24, 2.45) is 10.8 Å². The topological polar surface area (TPSA) is 76.2 Å². The minimum absolute atomic E-state index is 0. The van der Waals surface area contributed by atoms with Crippen molar-refractivity contribution in [3.05, 3.63) is 83.2 Å². The molecule has 49 heavy (non-hydrogen) atoms. The van der Waals surface area contributed by atoms with E-state index in [1.165, 1.54) is 32.0 Å². The number of thiophene rings is 1. The monoisotopic (exact) mass is 854 g/mol. The van der Waals surface area contributed by atoms with Crippen LogP contribution in [0.25, 0.3) is 54.2 Å². The molecular formula is C42H49IrN2O3S-. The molecule has 0 spiro atoms. The van der Waals surface area contributed by atoms with E-state index in [4.69, 9.17) is 9.40 Å². The zero-order valence-corrected chi connectivity index (χ0v) is 33.7. The van der Waals surface area contributed by atoms with Gasteiger partial charge in [-0.15, -0.1) is 40.5 Å². The van der Waals surface area contributed by atoms with Crippen LogP contribution in [0.3, 0.4) is 0 Å². The Balaban J connectivity index is 0.000000260. The molecule has 0 saturated heterocycles. The van der Waals surface area contributed by atoms with Gasteiger partial charge in [-0.05, 0) is 61.6 Å². The molecule has 0 fully saturated rings. The maximum Gasteiger partial charge on any atom is 0.223 e. The quantitative estimate of drug-likeness (QED) is 0.0938. The molecule has 5 nitrogen and oxygen atoms in total. The number of fused-ring (bicyclic) bond motifs is 5. The van der Waals surface area contributed by atoms with Gasteiger partial charge >= 0.3 is 0 Å². The van der Waals surface area contributed by atoms with E-state index in [1.807, 2.05) is 41.5 Å². The molecule has 3 aromatic heterocycles. The van der Waals surface area contributed by atoms with E-state index < -0.39 is 0 Å². The number of hydrogen-bond acceptors (Lipinski definition) is 6. The number of hydrogen-bond donors (Lipinski definition) is 1. The van der Waals surface area contributed by atoms with Crippen molar-refractivity contribution in [3.8, 4) is 11.3 Å². The Labute approximate surface area is 308 Å². The van der Waals surface area contributed by atoms with Gasteiger partial charge in [0.05, 0.1) is 0 Å². The van der Waals surface area contributed by atoms with Crippen LogP contribution in [0.5, 0.6) is 0 Å². The van der Waals surface area contributed by atoms with Crippen molar-refractivity contribution in [1.29, 1.82) is 0 Å². The molecule has 0 atom stereocenters. The standard InChI is InChI=1S/C27H21N2OS.C15H28O2.Ir/c1-15-9-17-12-22-20(13-23(17)31-15)24-25(28-14-29-26(24)30-22)18-10-16-7-5-6-8-19(16)21(11-18)27(2,3)4;1-7-14(5,8-2)12(16)11-13(17)15(6,9-3)10-4;/h5-9,11-14H,1-4H3;11,16H,7-10H2,1-6H3;/q-1;;/b;12-11-;. The molecular weight excluding hydrogens is 805 g/mol. The molecule has 0 aliphatic heterocycles. The second-order valence-electron chi connectivity index (χ2n) is 14.6. The Morgan fingerprint density at radius 1 is 0.898 bits per heavy atom. The zero-order chi connectivity index (χ0) is 35.0. The number of carbonyl (C=O) groups excluding carboxylic acids is 1. The maximum absolute atomic E-state index is 12.2. The van der Waals surface area contributed by atoms with Gasteiger partial charge in [0, 0.05) is 63.1 Å². The normalized spacial score (nSPS) is 12.7. The third-order valence-electron chi connectivity index (χ3n) is 10.5. The molecule has 6 aromatic rings. The maximum atomic E-state index is 12.2. The number of benzene rings is 3. The van der Waals surface area contributed by atoms with Crippen LogP contribution in [-0.2, 0) is 30.3 Å². The molecule has 7 heteroatoms. The van der Waals surface area contributed by atoms with Crippen LogP contribution in [-0.4, -0.2) is 20.9 Å². The third-order valence-corrected chi connectivity index (χ3v) is 11.5. The predicted octanol–water partition coefficient (Wildman–Crippen LogP) is 12.5. The van der Waals surface area contributed by atoms with Gasteiger partial charge in [0.15, 0.2) is 5.78 Å². The van der Waals surface area contributed by atoms with E-state index in [9.17, 15) is 9.90 Å². The summed E-state index contributed by atoms with van der Waals surface area (Å²) >= 11 is 1.80. The van der Waals surface area contributed by atoms with E-state index in [1.54, 1.807) is 17.7 Å². The van der Waals surface area contributed by atoms with Crippen LogP contribution in [0.4, 0.5) is 0 Å². The summed E-state index contributed by atoms with van der Waals surface area (Å²) in [6, 6.07) is 20.8. The van der Waals surface area contributed by atoms with Gasteiger partial charge in [-0.3, -0.25) is 9.78 Å². The first-order valence-corrected chi connectivity index (χ1v) is 18.0. The second kappa shape index (κ2) is 14.8. The average Bonchev–Trinajstić information content (AvgIpc) is 3.63. The van der Waals surface area contributed by atoms with Crippen LogP contribution in [0.15, 0.2) is 71.1 Å². The number of nitrogens with zero attached hydrogens (tertiary/aromatic N) is 2. The minimum atomic E-state index is -0.337. The molecule has 0 aliphatic rings. The summed E-state index contributed by atoms with van der Waals surface area (Å²) in [6.45, 7) is 21.0. The molecule has 261 valence electrons. The first-order valence-electron chi connectivity index (χ1n) is 17.2. The number of rotatable bonds is 8. The smallest absolute Gasteiger partial charge is 0.223 e. The SMILES string of the molecule is CCC(C)(CC)C(=O)/C=C(\O)C(C)(CC)CC.Cc1cc2cc3oc4ncnc(-c5[c-]c6ccccc6c(C(C)(C)C)c5)c4c3cc2s1.[Ir]. The average molecular weight is 854 g/mol. The molecule has 0 unspecified atom stereocenters. The molecule has 1 radical (unpaired) electrons. The van der Waals surface area contributed by atoms with Gasteiger partial charge in [0.25, 0.3) is 0 Å². The van der Waals surface area contributed by atoms with Crippen molar-refractivity contribution >= 4 is 60.0 Å². The Hall–Kier alpha value is -3.38. The molecule has 0 bridgehead atoms. The van der Waals surface area contributed by atoms with E-state index in [-0.39, 0.29) is 47.9 Å². The van der Waals surface area contributed by atoms with Crippen molar-refractivity contribution in [2.75, 3.05) is 0 Å². The third kappa shape index (κ3) is 7.55. The number of aliphatic hydroxyl groups excluding tert-OH is 1. The molecule has 3 aromatic carbocycles. The second-order valence-corrected chi connectivity index (χ2v) is 15.9. The Morgan fingerprint density at radius 2 is 1.55 bits per heavy atom. The van der Waals surface area contributed by atoms with Gasteiger partial charge in [-0.1, -0.05) is 91.5 Å². The van der Waals surface area contributed by atoms with Crippen LogP contribution in [0, 0.1) is 23.8 Å². The number of aromatic nitrogens is 2. The summed E-state index contributed by atoms with van der Waals surface area (Å²) < 4.78 is 7.41. The van der Waals surface area contributed by atoms with Gasteiger partial charge in [-0.25, -0.2) is 4.98 Å². The Morgan fingerprint density at radius 3 is 2.18 bits per heavy atom. The van der Waals surface area contributed by atoms with E-state index >= 15 is 0 Å². The zero-order valence-electron chi connectivity index (χ0n) is 30.5. The van der Waals surface area contributed by atoms with Gasteiger partial charge in [0.1, 0.15) is 17.7 Å². The molecule has 1 N–H and O–H groups in total. The number of carbonyl (C=O) groups is 1. The van der Waals surface area contributed by atoms with Crippen molar-refractivity contribution in [1.82, 2.24) is 9.97 Å². The minimum Gasteiger partial charge on any atom is -0.512 e. The predicted molar refractivity (Wildman–Crippen MR) is 203 cm³/mol. The van der Waals surface area contributed by atoms with E-state index in [0.29, 0.717) is 5.71 Å². The molecule has 3 heterocycles. The number of furan rings is 1. The van der Waals surface area contributed by atoms with Crippen LogP contribution in [0.1, 0.15) is 98.4 Å². The van der Waals surface area contributed by atoms with Crippen molar-refractivity contribution < 1.29 is 34.4 Å². The molecule has 0 saturated carbocycles. The summed E-state index contributed by atoms with van der Waals surface area (Å²) in [5.74, 6) is 0.286. The van der Waals surface area contributed by atoms with Crippen molar-refractivity contribution in [3.63, 3.8) is 0 Å². The number of aliphatic hydroxyl groups is 1. The van der Waals surface area contributed by atoms with Gasteiger partial charge in [0.2, 0.25) is 5.71 Å². The van der Waals surface area contributed by atoms with Crippen LogP contribution in [0.2, 0.25) is 0 Å². The Bertz CT molecular complexity index is 2140. The Kier molecular flexibility index (Phi) is 11.6. The number of allylic oxidation sites excluding steroid dienone is 2. The van der Waals surface area contributed by atoms with Gasteiger partial charge in [-0.2, -0.15) is 0 Å². The molecule has 6 rings (SSSR count). The van der Waals surface area contributed by atoms with Crippen LogP contribution < -0.4 is 0 Å². The fourth-order valence-electron chi connectivity index (χ4n) is 6.14. The van der Waals surface area contributed by atoms with Gasteiger partial charge < -0.3 is 9.52 Å². The van der Waals surface area contributed by atoms with Crippen molar-refractivity contribution in [2.45, 2.75) is 100 Å².